The van der Waals surface area contributed by atoms with Gasteiger partial charge in [0.1, 0.15) is 0 Å². The summed E-state index contributed by atoms with van der Waals surface area (Å²) in [5, 5.41) is 1.68. The van der Waals surface area contributed by atoms with Gasteiger partial charge in [0.2, 0.25) is 0 Å². The lowest BCUT2D eigenvalue weighted by atomic mass is 10.2. The summed E-state index contributed by atoms with van der Waals surface area (Å²) in [4.78, 5) is 2.29. The number of nitrogens with zero attached hydrogens (tertiary/aromatic N) is 1. The molecule has 0 aromatic heterocycles. The third-order valence-electron chi connectivity index (χ3n) is 2.44. The van der Waals surface area contributed by atoms with Crippen LogP contribution >= 0.6 is 27.5 Å². The molecule has 84 valence electrons. The van der Waals surface area contributed by atoms with Crippen molar-refractivity contribution in [2.45, 2.75) is 32.1 Å². The first-order valence-corrected chi connectivity index (χ1v) is 6.71. The first kappa shape index (κ1) is 12.9. The Morgan fingerprint density at radius 1 is 1.40 bits per heavy atom. The van der Waals surface area contributed by atoms with Gasteiger partial charge in [-0.1, -0.05) is 33.6 Å². The summed E-state index contributed by atoms with van der Waals surface area (Å²) in [6, 6.07) is 6.71. The predicted octanol–water partition coefficient (Wildman–Crippen LogP) is 4.47. The normalized spacial score (nSPS) is 10.8. The van der Waals surface area contributed by atoms with Crippen molar-refractivity contribution in [2.75, 3.05) is 11.4 Å². The number of anilines is 1. The fourth-order valence-electron chi connectivity index (χ4n) is 1.68. The fourth-order valence-corrected chi connectivity index (χ4v) is 2.34. The molecule has 0 atom stereocenters. The highest BCUT2D eigenvalue weighted by Gasteiger charge is 2.11. The van der Waals surface area contributed by atoms with Gasteiger partial charge in [0.05, 0.1) is 10.7 Å². The van der Waals surface area contributed by atoms with Gasteiger partial charge >= 0.3 is 0 Å². The molecule has 0 spiro atoms. The third-order valence-corrected chi connectivity index (χ3v) is 3.39. The molecule has 1 aromatic carbocycles. The molecule has 0 aliphatic heterocycles. The van der Waals surface area contributed by atoms with Crippen molar-refractivity contribution in [1.82, 2.24) is 0 Å². The molecule has 0 radical (unpaired) electrons. The number of halogens is 2. The van der Waals surface area contributed by atoms with E-state index >= 15 is 0 Å². The van der Waals surface area contributed by atoms with E-state index in [1.807, 2.05) is 6.07 Å². The number of hydrogen-bond donors (Lipinski definition) is 0. The van der Waals surface area contributed by atoms with Gasteiger partial charge in [-0.3, -0.25) is 0 Å². The third kappa shape index (κ3) is 3.12. The molecule has 15 heavy (non-hydrogen) atoms. The zero-order chi connectivity index (χ0) is 11.4. The molecule has 0 aliphatic rings. The molecule has 0 aliphatic carbocycles. The van der Waals surface area contributed by atoms with Crippen LogP contribution in [0.5, 0.6) is 0 Å². The summed E-state index contributed by atoms with van der Waals surface area (Å²) in [6.07, 6.45) is 0. The number of hydrogen-bond acceptors (Lipinski definition) is 1. The van der Waals surface area contributed by atoms with Crippen molar-refractivity contribution in [3.63, 3.8) is 0 Å². The molecule has 0 amide bonds. The van der Waals surface area contributed by atoms with E-state index in [9.17, 15) is 0 Å². The first-order chi connectivity index (χ1) is 7.10. The molecule has 0 bridgehead atoms. The lowest BCUT2D eigenvalue weighted by molar-refractivity contribution is 0.704. The highest BCUT2D eigenvalue weighted by Crippen LogP contribution is 2.28. The zero-order valence-electron chi connectivity index (χ0n) is 9.43. The van der Waals surface area contributed by atoms with E-state index in [1.54, 1.807) is 0 Å². The zero-order valence-corrected chi connectivity index (χ0v) is 11.8. The van der Waals surface area contributed by atoms with E-state index in [0.29, 0.717) is 6.04 Å². The highest BCUT2D eigenvalue weighted by molar-refractivity contribution is 9.08. The van der Waals surface area contributed by atoms with E-state index in [0.717, 1.165) is 22.6 Å². The topological polar surface area (TPSA) is 3.24 Å². The number of rotatable bonds is 4. The van der Waals surface area contributed by atoms with Crippen LogP contribution in [-0.4, -0.2) is 12.6 Å². The van der Waals surface area contributed by atoms with Crippen LogP contribution < -0.4 is 4.90 Å². The quantitative estimate of drug-likeness (QED) is 0.740. The maximum Gasteiger partial charge on any atom is 0.0642 e. The van der Waals surface area contributed by atoms with Crippen molar-refractivity contribution < 1.29 is 0 Å². The molecular weight excluding hydrogens is 273 g/mol. The van der Waals surface area contributed by atoms with E-state index in [2.05, 4.69) is 53.7 Å². The van der Waals surface area contributed by atoms with Crippen LogP contribution in [0, 0.1) is 0 Å². The van der Waals surface area contributed by atoms with E-state index < -0.39 is 0 Å². The Bertz CT molecular complexity index is 325. The Balaban J connectivity index is 3.03. The second kappa shape index (κ2) is 5.76. The molecule has 0 heterocycles. The highest BCUT2D eigenvalue weighted by atomic mass is 79.9. The van der Waals surface area contributed by atoms with Crippen molar-refractivity contribution >= 4 is 33.2 Å². The van der Waals surface area contributed by atoms with Gasteiger partial charge in [-0.2, -0.15) is 0 Å². The molecule has 0 N–H and O–H groups in total. The average molecular weight is 291 g/mol. The number of benzene rings is 1. The predicted molar refractivity (Wildman–Crippen MR) is 72.2 cm³/mol. The van der Waals surface area contributed by atoms with Crippen LogP contribution in [0.15, 0.2) is 18.2 Å². The van der Waals surface area contributed by atoms with Crippen molar-refractivity contribution in [3.8, 4) is 0 Å². The van der Waals surface area contributed by atoms with Crippen molar-refractivity contribution in [1.29, 1.82) is 0 Å². The molecular formula is C12H17BrClN. The van der Waals surface area contributed by atoms with Gasteiger partial charge in [-0.15, -0.1) is 0 Å². The summed E-state index contributed by atoms with van der Waals surface area (Å²) >= 11 is 9.69. The van der Waals surface area contributed by atoms with Gasteiger partial charge < -0.3 is 4.90 Å². The minimum Gasteiger partial charge on any atom is -0.368 e. The fraction of sp³-hybridized carbons (Fsp3) is 0.500. The second-order valence-electron chi connectivity index (χ2n) is 3.80. The lowest BCUT2D eigenvalue weighted by Crippen LogP contribution is -2.30. The summed E-state index contributed by atoms with van der Waals surface area (Å²) in [7, 11) is 0. The maximum atomic E-state index is 6.26. The molecule has 0 saturated heterocycles. The van der Waals surface area contributed by atoms with E-state index in [1.165, 1.54) is 5.56 Å². The molecule has 1 aromatic rings. The van der Waals surface area contributed by atoms with E-state index in [4.69, 9.17) is 11.6 Å². The van der Waals surface area contributed by atoms with Gasteiger partial charge in [0.25, 0.3) is 0 Å². The van der Waals surface area contributed by atoms with Crippen LogP contribution in [0.3, 0.4) is 0 Å². The summed E-state index contributed by atoms with van der Waals surface area (Å²) < 4.78 is 0. The molecule has 0 unspecified atom stereocenters. The van der Waals surface area contributed by atoms with Crippen LogP contribution in [-0.2, 0) is 5.33 Å². The van der Waals surface area contributed by atoms with Crippen molar-refractivity contribution in [3.05, 3.63) is 28.8 Å². The lowest BCUT2D eigenvalue weighted by Gasteiger charge is -2.28. The van der Waals surface area contributed by atoms with Gasteiger partial charge in [-0.05, 0) is 38.5 Å². The Morgan fingerprint density at radius 3 is 2.47 bits per heavy atom. The Labute approximate surface area is 106 Å². The Morgan fingerprint density at radius 2 is 2.07 bits per heavy atom. The Kier molecular flexibility index (Phi) is 4.94. The van der Waals surface area contributed by atoms with Gasteiger partial charge in [-0.25, -0.2) is 0 Å². The standard InChI is InChI=1S/C12H17BrClN/c1-4-15(9(2)3)12-6-5-10(8-13)7-11(12)14/h5-7,9H,4,8H2,1-3H3. The largest absolute Gasteiger partial charge is 0.368 e. The summed E-state index contributed by atoms with van der Waals surface area (Å²) in [6.45, 7) is 7.48. The summed E-state index contributed by atoms with van der Waals surface area (Å²) in [5.41, 5.74) is 2.34. The van der Waals surface area contributed by atoms with Crippen LogP contribution in [0.25, 0.3) is 0 Å². The minimum atomic E-state index is 0.474. The van der Waals surface area contributed by atoms with E-state index in [-0.39, 0.29) is 0 Å². The van der Waals surface area contributed by atoms with Gasteiger partial charge in [0, 0.05) is 17.9 Å². The van der Waals surface area contributed by atoms with Crippen molar-refractivity contribution in [2.24, 2.45) is 0 Å². The maximum absolute atomic E-state index is 6.26. The molecule has 0 fully saturated rings. The SMILES string of the molecule is CCN(c1ccc(CBr)cc1Cl)C(C)C. The molecule has 1 rings (SSSR count). The smallest absolute Gasteiger partial charge is 0.0642 e. The second-order valence-corrected chi connectivity index (χ2v) is 4.77. The molecule has 1 nitrogen and oxygen atoms in total. The average Bonchev–Trinajstić information content (AvgIpc) is 2.20. The molecule has 3 heteroatoms. The first-order valence-electron chi connectivity index (χ1n) is 5.21. The van der Waals surface area contributed by atoms with Crippen LogP contribution in [0.2, 0.25) is 5.02 Å². The number of alkyl halides is 1. The summed E-state index contributed by atoms with van der Waals surface area (Å²) in [5.74, 6) is 0. The van der Waals surface area contributed by atoms with Crippen LogP contribution in [0.1, 0.15) is 26.3 Å². The van der Waals surface area contributed by atoms with Crippen LogP contribution in [0.4, 0.5) is 5.69 Å². The Hall–Kier alpha value is -0.210. The molecule has 0 saturated carbocycles. The minimum absolute atomic E-state index is 0.474. The van der Waals surface area contributed by atoms with Gasteiger partial charge in [0.15, 0.2) is 0 Å². The monoisotopic (exact) mass is 289 g/mol.